The summed E-state index contributed by atoms with van der Waals surface area (Å²) in [6.07, 6.45) is 1.69. The maximum absolute atomic E-state index is 12.4. The van der Waals surface area contributed by atoms with E-state index in [0.29, 0.717) is 13.1 Å². The van der Waals surface area contributed by atoms with Crippen molar-refractivity contribution >= 4 is 5.91 Å². The Morgan fingerprint density at radius 2 is 1.92 bits per heavy atom. The first-order valence-corrected chi connectivity index (χ1v) is 8.86. The molecular weight excluding hydrogens is 307 g/mol. The molecule has 2 aliphatic heterocycles. The molecule has 24 heavy (non-hydrogen) atoms. The molecule has 0 bridgehead atoms. The van der Waals surface area contributed by atoms with Gasteiger partial charge >= 0.3 is 0 Å². The fourth-order valence-electron chi connectivity index (χ4n) is 3.72. The van der Waals surface area contributed by atoms with Crippen molar-refractivity contribution < 1.29 is 13.9 Å². The molecule has 1 spiro atoms. The van der Waals surface area contributed by atoms with E-state index in [9.17, 15) is 9.18 Å². The summed E-state index contributed by atoms with van der Waals surface area (Å²) in [5.74, 6) is -0.0697. The number of ether oxygens (including phenoxy) is 1. The molecule has 2 aliphatic rings. The van der Waals surface area contributed by atoms with Gasteiger partial charge in [0.05, 0.1) is 25.3 Å². The Balaban J connectivity index is 1.55. The number of alkyl halides is 1. The number of aryl methyl sites for hydroxylation is 1. The first-order chi connectivity index (χ1) is 11.6. The lowest BCUT2D eigenvalue weighted by Crippen LogP contribution is -2.57. The fraction of sp³-hybridized carbons (Fsp3) is 0.632. The normalized spacial score (nSPS) is 21.2. The van der Waals surface area contributed by atoms with E-state index in [0.717, 1.165) is 39.1 Å². The standard InChI is InChI=1S/C19H27FN2O2/c1-16-2-4-17(5-3-16)14-21-12-13-24-19(15-21)7-10-22(11-8-19)18(23)6-9-20/h2-5H,6-15H2,1H3. The summed E-state index contributed by atoms with van der Waals surface area (Å²) in [5, 5.41) is 0. The van der Waals surface area contributed by atoms with Crippen LogP contribution in [0.3, 0.4) is 0 Å². The SMILES string of the molecule is Cc1ccc(CN2CCOC3(CCN(C(=O)CCF)CC3)C2)cc1. The van der Waals surface area contributed by atoms with E-state index in [-0.39, 0.29) is 17.9 Å². The van der Waals surface area contributed by atoms with Gasteiger partial charge in [0.2, 0.25) is 5.91 Å². The van der Waals surface area contributed by atoms with Crippen LogP contribution < -0.4 is 0 Å². The Kier molecular flexibility index (Phi) is 5.51. The highest BCUT2D eigenvalue weighted by Crippen LogP contribution is 2.31. The number of carbonyl (C=O) groups is 1. The lowest BCUT2D eigenvalue weighted by atomic mass is 9.89. The van der Waals surface area contributed by atoms with Crippen LogP contribution in [0, 0.1) is 6.92 Å². The number of likely N-dealkylation sites (tertiary alicyclic amines) is 1. The van der Waals surface area contributed by atoms with E-state index < -0.39 is 6.67 Å². The van der Waals surface area contributed by atoms with Gasteiger partial charge in [0, 0.05) is 32.7 Å². The second-order valence-corrected chi connectivity index (χ2v) is 7.05. The van der Waals surface area contributed by atoms with Crippen LogP contribution in [0.1, 0.15) is 30.4 Å². The number of amides is 1. The van der Waals surface area contributed by atoms with Gasteiger partial charge in [0.25, 0.3) is 0 Å². The summed E-state index contributed by atoms with van der Waals surface area (Å²) in [5.41, 5.74) is 2.46. The van der Waals surface area contributed by atoms with Gasteiger partial charge in [0.15, 0.2) is 0 Å². The molecule has 2 saturated heterocycles. The van der Waals surface area contributed by atoms with Crippen molar-refractivity contribution in [2.75, 3.05) is 39.5 Å². The second-order valence-electron chi connectivity index (χ2n) is 7.05. The number of hydrogen-bond donors (Lipinski definition) is 0. The Labute approximate surface area is 143 Å². The van der Waals surface area contributed by atoms with Gasteiger partial charge < -0.3 is 9.64 Å². The lowest BCUT2D eigenvalue weighted by molar-refractivity contribution is -0.151. The molecule has 5 heteroatoms. The molecule has 2 fully saturated rings. The van der Waals surface area contributed by atoms with Gasteiger partial charge in [-0.25, -0.2) is 0 Å². The zero-order chi connectivity index (χ0) is 17.0. The van der Waals surface area contributed by atoms with Crippen molar-refractivity contribution in [3.8, 4) is 0 Å². The van der Waals surface area contributed by atoms with Crippen molar-refractivity contribution in [2.24, 2.45) is 0 Å². The summed E-state index contributed by atoms with van der Waals surface area (Å²) < 4.78 is 18.5. The quantitative estimate of drug-likeness (QED) is 0.848. The summed E-state index contributed by atoms with van der Waals surface area (Å²) in [6.45, 7) is 6.42. The molecule has 0 N–H and O–H groups in total. The van der Waals surface area contributed by atoms with E-state index in [4.69, 9.17) is 4.74 Å². The maximum Gasteiger partial charge on any atom is 0.225 e. The zero-order valence-electron chi connectivity index (χ0n) is 14.5. The third kappa shape index (κ3) is 4.14. The number of carbonyl (C=O) groups excluding carboxylic acids is 1. The first-order valence-electron chi connectivity index (χ1n) is 8.86. The molecule has 0 atom stereocenters. The zero-order valence-corrected chi connectivity index (χ0v) is 14.5. The molecule has 0 aliphatic carbocycles. The Hall–Kier alpha value is -1.46. The highest BCUT2D eigenvalue weighted by Gasteiger charge is 2.40. The van der Waals surface area contributed by atoms with Crippen LogP contribution in [-0.2, 0) is 16.1 Å². The average molecular weight is 334 g/mol. The minimum Gasteiger partial charge on any atom is -0.372 e. The summed E-state index contributed by atoms with van der Waals surface area (Å²) in [4.78, 5) is 16.1. The Bertz CT molecular complexity index is 553. The van der Waals surface area contributed by atoms with Gasteiger partial charge in [-0.1, -0.05) is 29.8 Å². The molecule has 0 aromatic heterocycles. The molecule has 0 saturated carbocycles. The monoisotopic (exact) mass is 334 g/mol. The number of hydrogen-bond acceptors (Lipinski definition) is 3. The van der Waals surface area contributed by atoms with Crippen molar-refractivity contribution in [3.63, 3.8) is 0 Å². The van der Waals surface area contributed by atoms with Crippen LogP contribution in [0.4, 0.5) is 4.39 Å². The van der Waals surface area contributed by atoms with Gasteiger partial charge in [0.1, 0.15) is 0 Å². The molecule has 3 rings (SSSR count). The minimum atomic E-state index is -0.568. The highest BCUT2D eigenvalue weighted by atomic mass is 19.1. The van der Waals surface area contributed by atoms with E-state index >= 15 is 0 Å². The Morgan fingerprint density at radius 3 is 2.58 bits per heavy atom. The molecule has 4 nitrogen and oxygen atoms in total. The molecule has 1 aromatic carbocycles. The molecular formula is C19H27FN2O2. The van der Waals surface area contributed by atoms with Crippen LogP contribution in [-0.4, -0.2) is 60.8 Å². The summed E-state index contributed by atoms with van der Waals surface area (Å²) >= 11 is 0. The number of piperidine rings is 1. The fourth-order valence-corrected chi connectivity index (χ4v) is 3.72. The van der Waals surface area contributed by atoms with E-state index in [1.165, 1.54) is 11.1 Å². The van der Waals surface area contributed by atoms with Crippen LogP contribution >= 0.6 is 0 Å². The lowest BCUT2D eigenvalue weighted by Gasteiger charge is -2.47. The molecule has 2 heterocycles. The number of benzene rings is 1. The van der Waals surface area contributed by atoms with E-state index in [1.54, 1.807) is 4.90 Å². The van der Waals surface area contributed by atoms with Crippen LogP contribution in [0.5, 0.6) is 0 Å². The number of halogens is 1. The number of nitrogens with zero attached hydrogens (tertiary/aromatic N) is 2. The molecule has 0 unspecified atom stereocenters. The number of rotatable bonds is 4. The Morgan fingerprint density at radius 1 is 1.21 bits per heavy atom. The molecule has 0 radical (unpaired) electrons. The summed E-state index contributed by atoms with van der Waals surface area (Å²) in [6, 6.07) is 8.69. The molecule has 1 amide bonds. The number of morpholine rings is 1. The predicted molar refractivity (Wildman–Crippen MR) is 91.5 cm³/mol. The third-order valence-electron chi connectivity index (χ3n) is 5.19. The third-order valence-corrected chi connectivity index (χ3v) is 5.19. The average Bonchev–Trinajstić information content (AvgIpc) is 2.58. The highest BCUT2D eigenvalue weighted by molar-refractivity contribution is 5.76. The first kappa shape index (κ1) is 17.4. The van der Waals surface area contributed by atoms with Gasteiger partial charge in [-0.05, 0) is 25.3 Å². The smallest absolute Gasteiger partial charge is 0.225 e. The van der Waals surface area contributed by atoms with Gasteiger partial charge in [-0.2, -0.15) is 0 Å². The van der Waals surface area contributed by atoms with Gasteiger partial charge in [-0.3, -0.25) is 14.1 Å². The van der Waals surface area contributed by atoms with E-state index in [2.05, 4.69) is 36.1 Å². The van der Waals surface area contributed by atoms with E-state index in [1.807, 2.05) is 0 Å². The van der Waals surface area contributed by atoms with Crippen molar-refractivity contribution in [1.82, 2.24) is 9.80 Å². The largest absolute Gasteiger partial charge is 0.372 e. The molecule has 1 aromatic rings. The van der Waals surface area contributed by atoms with Crippen molar-refractivity contribution in [3.05, 3.63) is 35.4 Å². The topological polar surface area (TPSA) is 32.8 Å². The second kappa shape index (κ2) is 7.62. The van der Waals surface area contributed by atoms with Crippen molar-refractivity contribution in [2.45, 2.75) is 38.3 Å². The molecule has 132 valence electrons. The maximum atomic E-state index is 12.4. The van der Waals surface area contributed by atoms with Crippen molar-refractivity contribution in [1.29, 1.82) is 0 Å². The van der Waals surface area contributed by atoms with Crippen LogP contribution in [0.15, 0.2) is 24.3 Å². The summed E-state index contributed by atoms with van der Waals surface area (Å²) in [7, 11) is 0. The predicted octanol–water partition coefficient (Wildman–Crippen LogP) is 2.55. The van der Waals surface area contributed by atoms with Crippen LogP contribution in [0.25, 0.3) is 0 Å². The minimum absolute atomic E-state index is 0.00735. The van der Waals surface area contributed by atoms with Crippen LogP contribution in [0.2, 0.25) is 0 Å². The van der Waals surface area contributed by atoms with Gasteiger partial charge in [-0.15, -0.1) is 0 Å².